The van der Waals surface area contributed by atoms with Crippen LogP contribution in [0.25, 0.3) is 56.4 Å². The van der Waals surface area contributed by atoms with Crippen molar-refractivity contribution < 1.29 is 4.74 Å². The van der Waals surface area contributed by atoms with Gasteiger partial charge in [-0.2, -0.15) is 5.26 Å². The van der Waals surface area contributed by atoms with Gasteiger partial charge in [0.25, 0.3) is 0 Å². The molecule has 1 aliphatic rings. The molecule has 0 amide bonds. The van der Waals surface area contributed by atoms with Gasteiger partial charge in [-0.25, -0.2) is 15.0 Å². The molecule has 0 N–H and O–H groups in total. The van der Waals surface area contributed by atoms with Crippen molar-refractivity contribution in [2.45, 2.75) is 5.41 Å². The molecule has 2 heterocycles. The fourth-order valence-electron chi connectivity index (χ4n) is 8.25. The molecule has 0 aliphatic carbocycles. The number of rotatable bonds is 7. The molecule has 1 aliphatic heterocycles. The predicted octanol–water partition coefficient (Wildman–Crippen LogP) is 12.6. The number of aromatic nitrogens is 3. The Morgan fingerprint density at radius 3 is 1.43 bits per heavy atom. The van der Waals surface area contributed by atoms with Crippen LogP contribution in [0.1, 0.15) is 27.8 Å². The smallest absolute Gasteiger partial charge is 0.164 e. The normalized spacial score (nSPS) is 12.4. The Kier molecular flexibility index (Phi) is 8.70. The number of hydrogen-bond acceptors (Lipinski definition) is 5. The summed E-state index contributed by atoms with van der Waals surface area (Å²) in [6.07, 6.45) is 0. The van der Waals surface area contributed by atoms with E-state index < -0.39 is 5.41 Å². The van der Waals surface area contributed by atoms with E-state index in [-0.39, 0.29) is 0 Å². The first kappa shape index (κ1) is 34.5. The monoisotopic (exact) mass is 742 g/mol. The Hall–Kier alpha value is -7.94. The minimum Gasteiger partial charge on any atom is -0.456 e. The van der Waals surface area contributed by atoms with E-state index in [9.17, 15) is 5.26 Å². The maximum absolute atomic E-state index is 9.37. The van der Waals surface area contributed by atoms with Gasteiger partial charge in [0.15, 0.2) is 17.5 Å². The van der Waals surface area contributed by atoms with Crippen molar-refractivity contribution in [3.8, 4) is 74.0 Å². The third-order valence-electron chi connectivity index (χ3n) is 10.9. The van der Waals surface area contributed by atoms with Crippen LogP contribution in [0.5, 0.6) is 11.5 Å². The fourth-order valence-corrected chi connectivity index (χ4v) is 8.25. The molecular weight excluding hydrogens is 709 g/mol. The summed E-state index contributed by atoms with van der Waals surface area (Å²) < 4.78 is 7.00. The van der Waals surface area contributed by atoms with Gasteiger partial charge in [0.05, 0.1) is 17.0 Å². The zero-order valence-electron chi connectivity index (χ0n) is 31.3. The van der Waals surface area contributed by atoms with Crippen LogP contribution in [0.3, 0.4) is 0 Å². The molecule has 0 saturated carbocycles. The van der Waals surface area contributed by atoms with Gasteiger partial charge < -0.3 is 4.74 Å². The molecule has 0 spiro atoms. The summed E-state index contributed by atoms with van der Waals surface area (Å²) in [5.41, 5.74) is 11.3. The van der Waals surface area contributed by atoms with Crippen LogP contribution in [-0.2, 0) is 5.41 Å². The number of fused-ring (bicyclic) bond motifs is 2. The summed E-state index contributed by atoms with van der Waals surface area (Å²) in [5, 5.41) is 9.37. The third-order valence-corrected chi connectivity index (χ3v) is 10.9. The molecule has 5 heteroatoms. The molecule has 0 fully saturated rings. The van der Waals surface area contributed by atoms with Crippen molar-refractivity contribution in [1.29, 1.82) is 5.26 Å². The lowest BCUT2D eigenvalue weighted by Gasteiger charge is -2.42. The van der Waals surface area contributed by atoms with Crippen LogP contribution in [0.4, 0.5) is 0 Å². The van der Waals surface area contributed by atoms with E-state index in [4.69, 9.17) is 19.7 Å². The summed E-state index contributed by atoms with van der Waals surface area (Å²) >= 11 is 0. The highest BCUT2D eigenvalue weighted by molar-refractivity contribution is 5.89. The first-order chi connectivity index (χ1) is 28.7. The molecule has 0 atom stereocenters. The van der Waals surface area contributed by atoms with Gasteiger partial charge in [-0.1, -0.05) is 176 Å². The van der Waals surface area contributed by atoms with Crippen molar-refractivity contribution in [1.82, 2.24) is 15.0 Å². The summed E-state index contributed by atoms with van der Waals surface area (Å²) in [5.74, 6) is 3.36. The Morgan fingerprint density at radius 2 is 0.828 bits per heavy atom. The van der Waals surface area contributed by atoms with Crippen molar-refractivity contribution >= 4 is 0 Å². The molecule has 0 bridgehead atoms. The lowest BCUT2D eigenvalue weighted by atomic mass is 9.63. The van der Waals surface area contributed by atoms with Gasteiger partial charge >= 0.3 is 0 Å². The molecule has 1 aromatic heterocycles. The maximum Gasteiger partial charge on any atom is 0.164 e. The highest BCUT2D eigenvalue weighted by Gasteiger charge is 2.46. The van der Waals surface area contributed by atoms with Crippen LogP contribution >= 0.6 is 0 Å². The van der Waals surface area contributed by atoms with E-state index in [0.29, 0.717) is 23.0 Å². The number of para-hydroxylation sites is 2. The Labute approximate surface area is 337 Å². The number of ether oxygens (including phenoxy) is 1. The summed E-state index contributed by atoms with van der Waals surface area (Å²) in [6.45, 7) is 0. The van der Waals surface area contributed by atoms with Crippen molar-refractivity contribution in [3.05, 3.63) is 234 Å². The largest absolute Gasteiger partial charge is 0.456 e. The van der Waals surface area contributed by atoms with E-state index in [1.165, 1.54) is 11.1 Å². The molecule has 0 saturated heterocycles. The zero-order chi connectivity index (χ0) is 38.9. The number of benzene rings is 8. The maximum atomic E-state index is 9.37. The minimum atomic E-state index is -0.612. The molecule has 9 aromatic rings. The molecule has 5 nitrogen and oxygen atoms in total. The zero-order valence-corrected chi connectivity index (χ0v) is 31.3. The summed E-state index contributed by atoms with van der Waals surface area (Å²) in [7, 11) is 0. The fraction of sp³-hybridized carbons (Fsp3) is 0.0189. The molecule has 0 radical (unpaired) electrons. The summed E-state index contributed by atoms with van der Waals surface area (Å²) in [4.78, 5) is 14.7. The van der Waals surface area contributed by atoms with Crippen LogP contribution in [0, 0.1) is 11.3 Å². The van der Waals surface area contributed by atoms with Crippen LogP contribution in [0.2, 0.25) is 0 Å². The SMILES string of the molecule is N#Cc1ccc(-c2nc(-c3ccccc3)nc(-c3ccc(-c4ccccc4-c4cccc5c4Oc4ccccc4C5(c4ccccc4)c4ccccc4)cc3)n2)cc1. The standard InChI is InChI=1S/C53H34N4O/c54-35-36-27-29-39(30-28-36)51-55-50(38-15-4-1-5-16-38)56-52(57-51)40-33-31-37(32-34-40)43-21-10-11-22-44(43)45-23-14-25-47-49(45)58-48-26-13-12-24-46(48)53(47,41-17-6-2-7-18-41)42-19-8-3-9-20-42/h1-34H. The third kappa shape index (κ3) is 5.92. The predicted molar refractivity (Wildman–Crippen MR) is 230 cm³/mol. The molecule has 58 heavy (non-hydrogen) atoms. The molecule has 8 aromatic carbocycles. The van der Waals surface area contributed by atoms with E-state index in [1.807, 2.05) is 48.5 Å². The topological polar surface area (TPSA) is 71.7 Å². The second kappa shape index (κ2) is 14.6. The number of nitriles is 1. The van der Waals surface area contributed by atoms with Crippen molar-refractivity contribution in [2.75, 3.05) is 0 Å². The van der Waals surface area contributed by atoms with Gasteiger partial charge in [0.1, 0.15) is 11.5 Å². The second-order valence-electron chi connectivity index (χ2n) is 14.2. The van der Waals surface area contributed by atoms with E-state index in [1.54, 1.807) is 12.1 Å². The highest BCUT2D eigenvalue weighted by atomic mass is 16.5. The van der Waals surface area contributed by atoms with Gasteiger partial charge in [-0.15, -0.1) is 0 Å². The number of hydrogen-bond donors (Lipinski definition) is 0. The molecule has 10 rings (SSSR count). The molecule has 272 valence electrons. The van der Waals surface area contributed by atoms with Crippen LogP contribution < -0.4 is 4.74 Å². The van der Waals surface area contributed by atoms with Crippen molar-refractivity contribution in [3.63, 3.8) is 0 Å². The Morgan fingerprint density at radius 1 is 0.379 bits per heavy atom. The molecular formula is C53H34N4O. The second-order valence-corrected chi connectivity index (χ2v) is 14.2. The van der Waals surface area contributed by atoms with E-state index in [0.717, 1.165) is 61.6 Å². The van der Waals surface area contributed by atoms with E-state index in [2.05, 4.69) is 152 Å². The minimum absolute atomic E-state index is 0.542. The first-order valence-electron chi connectivity index (χ1n) is 19.2. The van der Waals surface area contributed by atoms with Crippen LogP contribution in [0.15, 0.2) is 206 Å². The van der Waals surface area contributed by atoms with Crippen molar-refractivity contribution in [2.24, 2.45) is 0 Å². The first-order valence-corrected chi connectivity index (χ1v) is 19.2. The quantitative estimate of drug-likeness (QED) is 0.163. The van der Waals surface area contributed by atoms with Gasteiger partial charge in [0.2, 0.25) is 0 Å². The lowest BCUT2D eigenvalue weighted by molar-refractivity contribution is 0.436. The average molecular weight is 743 g/mol. The summed E-state index contributed by atoms with van der Waals surface area (Å²) in [6, 6.07) is 72.8. The average Bonchev–Trinajstić information content (AvgIpc) is 3.31. The Balaban J connectivity index is 1.10. The van der Waals surface area contributed by atoms with Gasteiger partial charge in [-0.05, 0) is 58.1 Å². The van der Waals surface area contributed by atoms with Gasteiger partial charge in [0, 0.05) is 33.4 Å². The van der Waals surface area contributed by atoms with Crippen LogP contribution in [-0.4, -0.2) is 15.0 Å². The van der Waals surface area contributed by atoms with Gasteiger partial charge in [-0.3, -0.25) is 0 Å². The highest BCUT2D eigenvalue weighted by Crippen LogP contribution is 2.57. The Bertz CT molecular complexity index is 2920. The molecule has 0 unspecified atom stereocenters. The van der Waals surface area contributed by atoms with E-state index >= 15 is 0 Å². The lowest BCUT2D eigenvalue weighted by Crippen LogP contribution is -2.34. The number of nitrogens with zero attached hydrogens (tertiary/aromatic N) is 4.